The van der Waals surface area contributed by atoms with E-state index in [1.807, 2.05) is 54.6 Å². The number of hydrogen-bond acceptors (Lipinski definition) is 3. The lowest BCUT2D eigenvalue weighted by atomic mass is 10.0. The zero-order valence-electron chi connectivity index (χ0n) is 17.3. The van der Waals surface area contributed by atoms with Gasteiger partial charge >= 0.3 is 0 Å². The molecule has 0 aliphatic carbocycles. The lowest BCUT2D eigenvalue weighted by molar-refractivity contribution is -0.121. The highest BCUT2D eigenvalue weighted by molar-refractivity contribution is 6.33. The summed E-state index contributed by atoms with van der Waals surface area (Å²) in [6.07, 6.45) is 0.834. The summed E-state index contributed by atoms with van der Waals surface area (Å²) >= 11 is 6.15. The largest absolute Gasteiger partial charge is 0.497 e. The number of methoxy groups -OCH3 is 1. The van der Waals surface area contributed by atoms with Crippen LogP contribution in [-0.4, -0.2) is 25.5 Å². The van der Waals surface area contributed by atoms with Crippen LogP contribution in [0.25, 0.3) is 0 Å². The zero-order valence-corrected chi connectivity index (χ0v) is 18.1. The topological polar surface area (TPSA) is 67.4 Å². The van der Waals surface area contributed by atoms with Crippen LogP contribution in [0.5, 0.6) is 5.75 Å². The summed E-state index contributed by atoms with van der Waals surface area (Å²) in [5, 5.41) is 6.25. The molecule has 0 unspecified atom stereocenters. The Morgan fingerprint density at radius 3 is 2.29 bits per heavy atom. The van der Waals surface area contributed by atoms with E-state index >= 15 is 0 Å². The first-order valence-electron chi connectivity index (χ1n) is 10.1. The van der Waals surface area contributed by atoms with Gasteiger partial charge in [0.2, 0.25) is 5.91 Å². The molecule has 0 fully saturated rings. The zero-order chi connectivity index (χ0) is 22.1. The Labute approximate surface area is 187 Å². The summed E-state index contributed by atoms with van der Waals surface area (Å²) in [5.41, 5.74) is 2.34. The van der Waals surface area contributed by atoms with E-state index in [1.54, 1.807) is 31.4 Å². The second kappa shape index (κ2) is 11.2. The summed E-state index contributed by atoms with van der Waals surface area (Å²) in [7, 11) is 1.63. The summed E-state index contributed by atoms with van der Waals surface area (Å²) in [6, 6.07) is 23.6. The van der Waals surface area contributed by atoms with Crippen molar-refractivity contribution >= 4 is 23.4 Å². The van der Waals surface area contributed by atoms with E-state index in [4.69, 9.17) is 16.3 Å². The molecular weight excluding hydrogens is 412 g/mol. The minimum absolute atomic E-state index is 0.128. The van der Waals surface area contributed by atoms with Crippen LogP contribution in [0.4, 0.5) is 0 Å². The van der Waals surface area contributed by atoms with Crippen molar-refractivity contribution in [2.75, 3.05) is 13.7 Å². The Morgan fingerprint density at radius 2 is 1.61 bits per heavy atom. The molecule has 160 valence electrons. The van der Waals surface area contributed by atoms with Crippen LogP contribution < -0.4 is 15.4 Å². The molecule has 3 aromatic carbocycles. The Hall–Kier alpha value is -3.31. The molecule has 0 aliphatic heterocycles. The number of carbonyl (C=O) groups excluding carboxylic acids is 2. The van der Waals surface area contributed by atoms with Crippen molar-refractivity contribution in [3.63, 3.8) is 0 Å². The highest BCUT2D eigenvalue weighted by Gasteiger charge is 2.20. The van der Waals surface area contributed by atoms with Crippen LogP contribution in [0.15, 0.2) is 78.9 Å². The molecule has 6 heteroatoms. The van der Waals surface area contributed by atoms with Gasteiger partial charge < -0.3 is 15.4 Å². The first kappa shape index (κ1) is 22.4. The van der Waals surface area contributed by atoms with Gasteiger partial charge in [0.1, 0.15) is 5.75 Å². The van der Waals surface area contributed by atoms with E-state index in [9.17, 15) is 9.59 Å². The molecule has 0 saturated heterocycles. The number of carbonyl (C=O) groups is 2. The molecule has 0 heterocycles. The normalized spacial score (nSPS) is 11.4. The molecule has 1 atom stereocenters. The lowest BCUT2D eigenvalue weighted by Gasteiger charge is -2.19. The van der Waals surface area contributed by atoms with Gasteiger partial charge in [0, 0.05) is 6.54 Å². The monoisotopic (exact) mass is 436 g/mol. The van der Waals surface area contributed by atoms with Crippen LogP contribution >= 0.6 is 11.6 Å². The number of hydrogen-bond donors (Lipinski definition) is 2. The number of amides is 2. The molecule has 3 rings (SSSR count). The van der Waals surface area contributed by atoms with E-state index in [0.717, 1.165) is 16.9 Å². The lowest BCUT2D eigenvalue weighted by Crippen LogP contribution is -2.34. The van der Waals surface area contributed by atoms with Gasteiger partial charge in [-0.3, -0.25) is 9.59 Å². The SMILES string of the molecule is COc1ccc(CCNC(=O)C[C@H](NC(=O)c2ccccc2Cl)c2ccccc2)cc1. The first-order valence-corrected chi connectivity index (χ1v) is 10.4. The van der Waals surface area contributed by atoms with Crippen LogP contribution in [0.2, 0.25) is 5.02 Å². The first-order chi connectivity index (χ1) is 15.1. The molecule has 2 amide bonds. The fourth-order valence-electron chi connectivity index (χ4n) is 3.21. The van der Waals surface area contributed by atoms with Crippen LogP contribution in [-0.2, 0) is 11.2 Å². The van der Waals surface area contributed by atoms with Crippen molar-refractivity contribution in [1.82, 2.24) is 10.6 Å². The molecule has 3 aromatic rings. The van der Waals surface area contributed by atoms with Crippen molar-refractivity contribution in [2.45, 2.75) is 18.9 Å². The van der Waals surface area contributed by atoms with Crippen molar-refractivity contribution in [3.8, 4) is 5.75 Å². The molecule has 0 spiro atoms. The maximum absolute atomic E-state index is 12.7. The third-order valence-corrected chi connectivity index (χ3v) is 5.24. The van der Waals surface area contributed by atoms with Gasteiger partial charge in [-0.1, -0.05) is 66.2 Å². The van der Waals surface area contributed by atoms with E-state index in [2.05, 4.69) is 10.6 Å². The molecule has 0 radical (unpaired) electrons. The van der Waals surface area contributed by atoms with E-state index < -0.39 is 6.04 Å². The summed E-state index contributed by atoms with van der Waals surface area (Å²) < 4.78 is 5.16. The Bertz CT molecular complexity index is 1010. The van der Waals surface area contributed by atoms with Gasteiger partial charge in [-0.05, 0) is 41.8 Å². The maximum atomic E-state index is 12.7. The van der Waals surface area contributed by atoms with E-state index in [1.165, 1.54) is 0 Å². The molecule has 31 heavy (non-hydrogen) atoms. The Kier molecular flexibility index (Phi) is 8.07. The molecule has 0 bridgehead atoms. The van der Waals surface area contributed by atoms with Crippen LogP contribution in [0, 0.1) is 0 Å². The highest BCUT2D eigenvalue weighted by atomic mass is 35.5. The summed E-state index contributed by atoms with van der Waals surface area (Å²) in [6.45, 7) is 0.505. The van der Waals surface area contributed by atoms with Crippen molar-refractivity contribution in [2.24, 2.45) is 0 Å². The minimum Gasteiger partial charge on any atom is -0.497 e. The van der Waals surface area contributed by atoms with Gasteiger partial charge in [0.15, 0.2) is 0 Å². The fourth-order valence-corrected chi connectivity index (χ4v) is 3.44. The second-order valence-corrected chi connectivity index (χ2v) is 7.48. The predicted octanol–water partition coefficient (Wildman–Crippen LogP) is 4.57. The Morgan fingerprint density at radius 1 is 0.935 bits per heavy atom. The van der Waals surface area contributed by atoms with Gasteiger partial charge in [0.25, 0.3) is 5.91 Å². The van der Waals surface area contributed by atoms with Gasteiger partial charge in [-0.2, -0.15) is 0 Å². The molecule has 0 aromatic heterocycles. The van der Waals surface area contributed by atoms with Crippen molar-refractivity contribution in [1.29, 1.82) is 0 Å². The predicted molar refractivity (Wildman–Crippen MR) is 122 cm³/mol. The number of nitrogens with one attached hydrogen (secondary N) is 2. The standard InChI is InChI=1S/C25H25ClN2O3/c1-31-20-13-11-18(12-14-20)15-16-27-24(29)17-23(19-7-3-2-4-8-19)28-25(30)21-9-5-6-10-22(21)26/h2-14,23H,15-17H2,1H3,(H,27,29)(H,28,30)/t23-/m0/s1. The van der Waals surface area contributed by atoms with Crippen LogP contribution in [0.1, 0.15) is 33.9 Å². The van der Waals surface area contributed by atoms with Crippen molar-refractivity contribution < 1.29 is 14.3 Å². The second-order valence-electron chi connectivity index (χ2n) is 7.07. The fraction of sp³-hybridized carbons (Fsp3) is 0.200. The molecule has 0 saturated carbocycles. The van der Waals surface area contributed by atoms with Crippen molar-refractivity contribution in [3.05, 3.63) is 101 Å². The van der Waals surface area contributed by atoms with Gasteiger partial charge in [0.05, 0.1) is 30.2 Å². The molecule has 2 N–H and O–H groups in total. The average molecular weight is 437 g/mol. The quantitative estimate of drug-likeness (QED) is 0.516. The third-order valence-electron chi connectivity index (χ3n) is 4.91. The third kappa shape index (κ3) is 6.59. The van der Waals surface area contributed by atoms with Crippen LogP contribution in [0.3, 0.4) is 0 Å². The Balaban J connectivity index is 1.61. The van der Waals surface area contributed by atoms with Gasteiger partial charge in [-0.25, -0.2) is 0 Å². The number of halogens is 1. The van der Waals surface area contributed by atoms with Gasteiger partial charge in [-0.15, -0.1) is 0 Å². The summed E-state index contributed by atoms with van der Waals surface area (Å²) in [4.78, 5) is 25.3. The number of benzene rings is 3. The molecule has 0 aliphatic rings. The minimum atomic E-state index is -0.467. The summed E-state index contributed by atoms with van der Waals surface area (Å²) in [5.74, 6) is 0.347. The maximum Gasteiger partial charge on any atom is 0.253 e. The smallest absolute Gasteiger partial charge is 0.253 e. The van der Waals surface area contributed by atoms with E-state index in [-0.39, 0.29) is 18.2 Å². The van der Waals surface area contributed by atoms with E-state index in [0.29, 0.717) is 23.6 Å². The highest BCUT2D eigenvalue weighted by Crippen LogP contribution is 2.20. The molecule has 5 nitrogen and oxygen atoms in total. The number of rotatable bonds is 9. The molecular formula is C25H25ClN2O3. The number of ether oxygens (including phenoxy) is 1. The average Bonchev–Trinajstić information content (AvgIpc) is 2.80.